The summed E-state index contributed by atoms with van der Waals surface area (Å²) in [6, 6.07) is 12.1. The molecule has 3 aliphatic heterocycles. The number of guanidine groups is 1. The van der Waals surface area contributed by atoms with Gasteiger partial charge in [-0.3, -0.25) is 19.3 Å². The van der Waals surface area contributed by atoms with Crippen molar-refractivity contribution < 1.29 is 9.15 Å². The molecule has 30 heavy (non-hydrogen) atoms. The monoisotopic (exact) mass is 407 g/mol. The number of nitrogens with one attached hydrogen (secondary N) is 1. The first-order valence-corrected chi connectivity index (χ1v) is 10.5. The standard InChI is InChI=1S/C21H25N7O2/c1-2-5-17-16(4-1)23-21-27-15-26(8-7-25-9-12-29-13-10-25)14-22-20(27)24-19(28(17)21)18-6-3-11-30-18/h1-6,11,19H,7-10,12-15H2,(H,22,24)/t19-/m1/s1. The molecule has 1 N–H and O–H groups in total. The Balaban J connectivity index is 1.31. The van der Waals surface area contributed by atoms with Gasteiger partial charge in [-0.15, -0.1) is 0 Å². The van der Waals surface area contributed by atoms with Gasteiger partial charge in [0.15, 0.2) is 6.17 Å². The number of para-hydroxylation sites is 2. The normalized spacial score (nSPS) is 22.5. The van der Waals surface area contributed by atoms with Gasteiger partial charge in [0.05, 0.1) is 43.8 Å². The van der Waals surface area contributed by atoms with Crippen LogP contribution in [0.3, 0.4) is 0 Å². The average molecular weight is 407 g/mol. The van der Waals surface area contributed by atoms with E-state index in [4.69, 9.17) is 19.1 Å². The lowest BCUT2D eigenvalue weighted by Gasteiger charge is -2.41. The van der Waals surface area contributed by atoms with E-state index in [2.05, 4.69) is 36.7 Å². The smallest absolute Gasteiger partial charge is 0.216 e. The lowest BCUT2D eigenvalue weighted by molar-refractivity contribution is 0.0334. The Morgan fingerprint density at radius 1 is 1.03 bits per heavy atom. The Morgan fingerprint density at radius 3 is 2.77 bits per heavy atom. The molecule has 0 saturated carbocycles. The van der Waals surface area contributed by atoms with Crippen LogP contribution in [0.1, 0.15) is 11.9 Å². The van der Waals surface area contributed by atoms with Gasteiger partial charge in [-0.1, -0.05) is 12.1 Å². The van der Waals surface area contributed by atoms with Crippen molar-refractivity contribution in [3.63, 3.8) is 0 Å². The number of nitrogens with zero attached hydrogens (tertiary/aromatic N) is 6. The summed E-state index contributed by atoms with van der Waals surface area (Å²) in [5.41, 5.74) is 2.04. The summed E-state index contributed by atoms with van der Waals surface area (Å²) in [5, 5.41) is 3.57. The predicted molar refractivity (Wildman–Crippen MR) is 113 cm³/mol. The molecular formula is C21H25N7O2. The minimum absolute atomic E-state index is 0.169. The van der Waals surface area contributed by atoms with Crippen molar-refractivity contribution in [2.24, 2.45) is 4.99 Å². The number of morpholine rings is 1. The summed E-state index contributed by atoms with van der Waals surface area (Å²) in [7, 11) is 0. The van der Waals surface area contributed by atoms with Crippen LogP contribution in [0.15, 0.2) is 52.1 Å². The quantitative estimate of drug-likeness (QED) is 0.703. The largest absolute Gasteiger partial charge is 0.465 e. The Labute approximate surface area is 174 Å². The zero-order valence-corrected chi connectivity index (χ0v) is 16.8. The van der Waals surface area contributed by atoms with Gasteiger partial charge in [0.2, 0.25) is 11.9 Å². The first kappa shape index (κ1) is 17.9. The third-order valence-electron chi connectivity index (χ3n) is 6.01. The summed E-state index contributed by atoms with van der Waals surface area (Å²) in [4.78, 5) is 16.8. The van der Waals surface area contributed by atoms with E-state index in [1.165, 1.54) is 0 Å². The molecule has 1 saturated heterocycles. The molecule has 0 radical (unpaired) electrons. The fourth-order valence-electron chi connectivity index (χ4n) is 4.40. The highest BCUT2D eigenvalue weighted by molar-refractivity contribution is 5.98. The van der Waals surface area contributed by atoms with Crippen LogP contribution in [0.2, 0.25) is 0 Å². The van der Waals surface area contributed by atoms with E-state index in [9.17, 15) is 0 Å². The van der Waals surface area contributed by atoms with E-state index in [0.717, 1.165) is 74.8 Å². The van der Waals surface area contributed by atoms with Crippen LogP contribution in [0.5, 0.6) is 0 Å². The molecule has 9 nitrogen and oxygen atoms in total. The highest BCUT2D eigenvalue weighted by Gasteiger charge is 2.36. The van der Waals surface area contributed by atoms with Gasteiger partial charge in [0.25, 0.3) is 0 Å². The summed E-state index contributed by atoms with van der Waals surface area (Å²) in [5.74, 6) is 2.59. The van der Waals surface area contributed by atoms with Crippen molar-refractivity contribution in [1.29, 1.82) is 0 Å². The Kier molecular flexibility index (Phi) is 4.44. The van der Waals surface area contributed by atoms with E-state index in [0.29, 0.717) is 6.67 Å². The number of ether oxygens (including phenoxy) is 1. The van der Waals surface area contributed by atoms with Crippen LogP contribution in [0, 0.1) is 0 Å². The van der Waals surface area contributed by atoms with E-state index in [1.807, 2.05) is 24.3 Å². The van der Waals surface area contributed by atoms with Crippen LogP contribution in [-0.2, 0) is 4.74 Å². The summed E-state index contributed by atoms with van der Waals surface area (Å²) < 4.78 is 13.4. The van der Waals surface area contributed by atoms with E-state index in [1.54, 1.807) is 6.26 Å². The molecule has 0 amide bonds. The van der Waals surface area contributed by atoms with Gasteiger partial charge < -0.3 is 14.5 Å². The van der Waals surface area contributed by atoms with Crippen molar-refractivity contribution in [2.45, 2.75) is 6.17 Å². The molecule has 0 bridgehead atoms. The molecule has 1 fully saturated rings. The molecule has 156 valence electrons. The molecule has 9 heteroatoms. The lowest BCUT2D eigenvalue weighted by Crippen LogP contribution is -2.58. The molecule has 2 aromatic heterocycles. The van der Waals surface area contributed by atoms with Gasteiger partial charge in [-0.05, 0) is 24.3 Å². The zero-order valence-electron chi connectivity index (χ0n) is 16.8. The third-order valence-corrected chi connectivity index (χ3v) is 6.01. The first-order chi connectivity index (χ1) is 14.9. The van der Waals surface area contributed by atoms with Gasteiger partial charge >= 0.3 is 0 Å². The van der Waals surface area contributed by atoms with Crippen LogP contribution in [0.25, 0.3) is 11.0 Å². The average Bonchev–Trinajstić information content (AvgIpc) is 3.46. The number of fused-ring (bicyclic) bond motifs is 5. The van der Waals surface area contributed by atoms with Gasteiger partial charge in [-0.25, -0.2) is 9.98 Å². The Hall–Kier alpha value is -2.88. The second-order valence-electron chi connectivity index (χ2n) is 7.87. The molecule has 3 aliphatic rings. The van der Waals surface area contributed by atoms with Crippen LogP contribution < -0.4 is 10.2 Å². The van der Waals surface area contributed by atoms with Crippen LogP contribution in [0.4, 0.5) is 5.95 Å². The van der Waals surface area contributed by atoms with Crippen LogP contribution >= 0.6 is 0 Å². The van der Waals surface area contributed by atoms with Crippen molar-refractivity contribution in [1.82, 2.24) is 24.7 Å². The minimum atomic E-state index is -0.169. The van der Waals surface area contributed by atoms with Gasteiger partial charge in [-0.2, -0.15) is 0 Å². The number of aromatic nitrogens is 2. The molecule has 3 aromatic rings. The Morgan fingerprint density at radius 2 is 1.90 bits per heavy atom. The topological polar surface area (TPSA) is 74.3 Å². The van der Waals surface area contributed by atoms with Gasteiger partial charge in [0, 0.05) is 26.2 Å². The number of anilines is 1. The van der Waals surface area contributed by atoms with Crippen molar-refractivity contribution in [3.05, 3.63) is 48.4 Å². The Bertz CT molecular complexity index is 1050. The first-order valence-electron chi connectivity index (χ1n) is 10.5. The third kappa shape index (κ3) is 3.06. The zero-order chi connectivity index (χ0) is 19.9. The summed E-state index contributed by atoms with van der Waals surface area (Å²) >= 11 is 0. The molecule has 5 heterocycles. The maximum absolute atomic E-state index is 5.74. The molecule has 0 spiro atoms. The highest BCUT2D eigenvalue weighted by atomic mass is 16.5. The van der Waals surface area contributed by atoms with Crippen molar-refractivity contribution in [3.8, 4) is 0 Å². The maximum Gasteiger partial charge on any atom is 0.216 e. The summed E-state index contributed by atoms with van der Waals surface area (Å²) in [6.45, 7) is 7.10. The second-order valence-corrected chi connectivity index (χ2v) is 7.87. The van der Waals surface area contributed by atoms with E-state index < -0.39 is 0 Å². The summed E-state index contributed by atoms with van der Waals surface area (Å²) in [6.07, 6.45) is 1.54. The molecule has 6 rings (SSSR count). The SMILES string of the molecule is c1coc([C@@H]2NC3=NCN(CCN4CCOCC4)CN3c3nc4ccccc4n32)c1. The van der Waals surface area contributed by atoms with E-state index >= 15 is 0 Å². The van der Waals surface area contributed by atoms with Gasteiger partial charge in [0.1, 0.15) is 5.76 Å². The highest BCUT2D eigenvalue weighted by Crippen LogP contribution is 2.33. The number of benzene rings is 1. The number of rotatable bonds is 4. The number of hydrogen-bond donors (Lipinski definition) is 1. The van der Waals surface area contributed by atoms with Crippen LogP contribution in [-0.4, -0.2) is 78.0 Å². The maximum atomic E-state index is 5.74. The number of hydrogen-bond acceptors (Lipinski definition) is 8. The van der Waals surface area contributed by atoms with Crippen molar-refractivity contribution in [2.75, 3.05) is 57.6 Å². The molecular weight excluding hydrogens is 382 g/mol. The number of aliphatic imine (C=N–C) groups is 1. The fourth-order valence-corrected chi connectivity index (χ4v) is 4.40. The number of imidazole rings is 1. The predicted octanol–water partition coefficient (Wildman–Crippen LogP) is 1.50. The molecule has 1 atom stereocenters. The molecule has 0 aliphatic carbocycles. The molecule has 1 aromatic carbocycles. The minimum Gasteiger partial charge on any atom is -0.465 e. The second kappa shape index (κ2) is 7.42. The van der Waals surface area contributed by atoms with Crippen molar-refractivity contribution >= 4 is 22.9 Å². The lowest BCUT2D eigenvalue weighted by atomic mass is 10.2. The number of furan rings is 1. The van der Waals surface area contributed by atoms with E-state index in [-0.39, 0.29) is 6.17 Å². The fraction of sp³-hybridized carbons (Fsp3) is 0.429. The molecule has 0 unspecified atom stereocenters.